The van der Waals surface area contributed by atoms with E-state index >= 15 is 0 Å². The molecule has 2 aliphatic heterocycles. The van der Waals surface area contributed by atoms with E-state index in [1.54, 1.807) is 61.7 Å². The number of carbonyl (C=O) groups excluding carboxylic acids is 2. The van der Waals surface area contributed by atoms with Crippen molar-refractivity contribution in [3.8, 4) is 17.2 Å². The minimum Gasteiger partial charge on any atom is -0.494 e. The van der Waals surface area contributed by atoms with Crippen LogP contribution >= 0.6 is 11.8 Å². The van der Waals surface area contributed by atoms with Crippen molar-refractivity contribution < 1.29 is 28.7 Å². The lowest BCUT2D eigenvalue weighted by molar-refractivity contribution is -0.384. The minimum atomic E-state index is -0.470. The van der Waals surface area contributed by atoms with Crippen molar-refractivity contribution in [1.82, 2.24) is 9.80 Å². The van der Waals surface area contributed by atoms with Gasteiger partial charge in [-0.05, 0) is 91.3 Å². The fourth-order valence-electron chi connectivity index (χ4n) is 5.02. The summed E-state index contributed by atoms with van der Waals surface area (Å²) in [5, 5.41) is 10.5. The van der Waals surface area contributed by atoms with Gasteiger partial charge in [0.2, 0.25) is 0 Å². The molecule has 0 aliphatic carbocycles. The van der Waals surface area contributed by atoms with E-state index < -0.39 is 4.92 Å². The topological polar surface area (TPSA) is 115 Å². The number of thioether (sulfide) groups is 1. The zero-order chi connectivity index (χ0) is 31.6. The van der Waals surface area contributed by atoms with Gasteiger partial charge >= 0.3 is 0 Å². The van der Waals surface area contributed by atoms with Gasteiger partial charge in [-0.25, -0.2) is 4.90 Å². The minimum absolute atomic E-state index is 0.0169. The summed E-state index contributed by atoms with van der Waals surface area (Å²) in [7, 11) is 1.74. The Morgan fingerprint density at radius 3 is 2.02 bits per heavy atom. The van der Waals surface area contributed by atoms with Crippen molar-refractivity contribution >= 4 is 40.4 Å². The lowest BCUT2D eigenvalue weighted by Crippen LogP contribution is -2.47. The highest BCUT2D eigenvalue weighted by Gasteiger charge is 2.36. The molecule has 2 aliphatic rings. The van der Waals surface area contributed by atoms with Crippen molar-refractivity contribution in [2.75, 3.05) is 64.5 Å². The number of non-ortho nitro benzene ring substituents is 1. The lowest BCUT2D eigenvalue weighted by atomic mass is 10.2. The SMILES string of the molecule is COCCN1CCN(CCCCOc2ccc(N3C(=O)SC(=Cc4ccc(Oc5ccc([N+](=O)[O-])cc5)cc4)C3=O)cc2)CC1. The Balaban J connectivity index is 1.07. The van der Waals surface area contributed by atoms with Crippen LogP contribution in [0.1, 0.15) is 18.4 Å². The van der Waals surface area contributed by atoms with Crippen molar-refractivity contribution in [2.24, 2.45) is 0 Å². The molecule has 2 saturated heterocycles. The van der Waals surface area contributed by atoms with Gasteiger partial charge in [-0.1, -0.05) is 12.1 Å². The second-order valence-electron chi connectivity index (χ2n) is 10.7. The number of nitro benzene ring substituents is 1. The first-order chi connectivity index (χ1) is 21.9. The van der Waals surface area contributed by atoms with Crippen LogP contribution in [-0.4, -0.2) is 85.5 Å². The third-order valence-electron chi connectivity index (χ3n) is 7.56. The van der Waals surface area contributed by atoms with Crippen LogP contribution in [0.25, 0.3) is 6.08 Å². The largest absolute Gasteiger partial charge is 0.494 e. The number of nitrogens with zero attached hydrogens (tertiary/aromatic N) is 4. The van der Waals surface area contributed by atoms with Gasteiger partial charge in [0.15, 0.2) is 0 Å². The molecule has 3 aromatic rings. The number of ether oxygens (including phenoxy) is 3. The zero-order valence-electron chi connectivity index (χ0n) is 25.1. The van der Waals surface area contributed by atoms with E-state index in [-0.39, 0.29) is 16.8 Å². The molecular weight excluding hydrogens is 596 g/mol. The van der Waals surface area contributed by atoms with Gasteiger partial charge in [0.25, 0.3) is 16.8 Å². The van der Waals surface area contributed by atoms with Crippen molar-refractivity contribution in [3.63, 3.8) is 0 Å². The molecule has 45 heavy (non-hydrogen) atoms. The molecule has 0 aromatic heterocycles. The number of piperazine rings is 1. The first-order valence-corrected chi connectivity index (χ1v) is 15.7. The quantitative estimate of drug-likeness (QED) is 0.0900. The predicted octanol–water partition coefficient (Wildman–Crippen LogP) is 6.05. The van der Waals surface area contributed by atoms with Gasteiger partial charge in [-0.15, -0.1) is 0 Å². The Morgan fingerprint density at radius 2 is 1.40 bits per heavy atom. The maximum absolute atomic E-state index is 13.1. The van der Waals surface area contributed by atoms with Gasteiger partial charge in [0.1, 0.15) is 17.2 Å². The molecule has 0 atom stereocenters. The van der Waals surface area contributed by atoms with Crippen molar-refractivity contribution in [2.45, 2.75) is 12.8 Å². The van der Waals surface area contributed by atoms with E-state index in [0.29, 0.717) is 34.4 Å². The van der Waals surface area contributed by atoms with Crippen LogP contribution in [0.15, 0.2) is 77.7 Å². The third kappa shape index (κ3) is 8.92. The number of carbonyl (C=O) groups is 2. The number of amides is 2. The fraction of sp³-hybridized carbons (Fsp3) is 0.333. The molecule has 12 heteroatoms. The Morgan fingerprint density at radius 1 is 0.800 bits per heavy atom. The van der Waals surface area contributed by atoms with Crippen LogP contribution in [-0.2, 0) is 9.53 Å². The summed E-state index contributed by atoms with van der Waals surface area (Å²) < 4.78 is 16.8. The molecule has 0 radical (unpaired) electrons. The zero-order valence-corrected chi connectivity index (χ0v) is 25.9. The van der Waals surface area contributed by atoms with Gasteiger partial charge < -0.3 is 19.1 Å². The average molecular weight is 633 g/mol. The van der Waals surface area contributed by atoms with E-state index in [9.17, 15) is 19.7 Å². The van der Waals surface area contributed by atoms with Gasteiger partial charge in [-0.2, -0.15) is 0 Å². The Bertz CT molecular complexity index is 1490. The number of hydrogen-bond donors (Lipinski definition) is 0. The maximum Gasteiger partial charge on any atom is 0.298 e. The second-order valence-corrected chi connectivity index (χ2v) is 11.7. The molecule has 0 N–H and O–H groups in total. The standard InChI is InChI=1S/C33H36N4O7S/c1-42-23-21-35-19-17-34(18-20-35)16-2-3-22-43-28-12-6-26(7-13-28)36-32(38)31(45-33(36)39)24-25-4-10-29(11-5-25)44-30-14-8-27(9-15-30)37(40)41/h4-15,24H,2-3,16-23H2,1H3. The van der Waals surface area contributed by atoms with Gasteiger partial charge in [0.05, 0.1) is 28.7 Å². The number of nitro groups is 1. The summed E-state index contributed by atoms with van der Waals surface area (Å²) in [4.78, 5) is 42.7. The monoisotopic (exact) mass is 632 g/mol. The molecule has 2 fully saturated rings. The summed E-state index contributed by atoms with van der Waals surface area (Å²) in [6.07, 6.45) is 3.68. The average Bonchev–Trinajstić information content (AvgIpc) is 3.33. The normalized spacial score (nSPS) is 16.8. The molecule has 0 bridgehead atoms. The number of unbranched alkanes of at least 4 members (excludes halogenated alkanes) is 1. The highest BCUT2D eigenvalue weighted by atomic mass is 32.2. The molecule has 0 spiro atoms. The predicted molar refractivity (Wildman–Crippen MR) is 174 cm³/mol. The maximum atomic E-state index is 13.1. The lowest BCUT2D eigenvalue weighted by Gasteiger charge is -2.34. The highest BCUT2D eigenvalue weighted by molar-refractivity contribution is 8.19. The number of methoxy groups -OCH3 is 1. The third-order valence-corrected chi connectivity index (χ3v) is 8.43. The van der Waals surface area contributed by atoms with Crippen molar-refractivity contribution in [1.29, 1.82) is 0 Å². The molecular formula is C33H36N4O7S. The van der Waals surface area contributed by atoms with E-state index in [1.165, 1.54) is 29.2 Å². The molecule has 2 amide bonds. The second kappa shape index (κ2) is 15.7. The first kappa shape index (κ1) is 32.2. The summed E-state index contributed by atoms with van der Waals surface area (Å²) >= 11 is 0.889. The Kier molecular flexibility index (Phi) is 11.2. The van der Waals surface area contributed by atoms with Crippen LogP contribution < -0.4 is 14.4 Å². The number of imide groups is 1. The van der Waals surface area contributed by atoms with Crippen LogP contribution in [0, 0.1) is 10.1 Å². The molecule has 2 heterocycles. The first-order valence-electron chi connectivity index (χ1n) is 14.9. The summed E-state index contributed by atoms with van der Waals surface area (Å²) in [5.74, 6) is 1.31. The highest BCUT2D eigenvalue weighted by Crippen LogP contribution is 2.36. The molecule has 0 saturated carbocycles. The van der Waals surface area contributed by atoms with E-state index in [2.05, 4.69) is 9.80 Å². The molecule has 5 rings (SSSR count). The molecule has 236 valence electrons. The van der Waals surface area contributed by atoms with Gasteiger partial charge in [-0.3, -0.25) is 24.6 Å². The van der Waals surface area contributed by atoms with E-state index in [1.807, 2.05) is 0 Å². The van der Waals surface area contributed by atoms with Crippen LogP contribution in [0.2, 0.25) is 0 Å². The van der Waals surface area contributed by atoms with Gasteiger partial charge in [0, 0.05) is 52.0 Å². The smallest absolute Gasteiger partial charge is 0.298 e. The Labute approximate surface area is 266 Å². The van der Waals surface area contributed by atoms with Crippen LogP contribution in [0.4, 0.5) is 16.2 Å². The fourth-order valence-corrected chi connectivity index (χ4v) is 5.86. The number of hydrogen-bond acceptors (Lipinski definition) is 10. The number of anilines is 1. The summed E-state index contributed by atoms with van der Waals surface area (Å²) in [6, 6.07) is 19.8. The van der Waals surface area contributed by atoms with E-state index in [0.717, 1.165) is 76.0 Å². The number of rotatable bonds is 14. The molecule has 11 nitrogen and oxygen atoms in total. The summed E-state index contributed by atoms with van der Waals surface area (Å²) in [5.41, 5.74) is 1.20. The molecule has 0 unspecified atom stereocenters. The number of benzene rings is 3. The Hall–Kier alpha value is -4.23. The van der Waals surface area contributed by atoms with Crippen LogP contribution in [0.3, 0.4) is 0 Å². The van der Waals surface area contributed by atoms with E-state index in [4.69, 9.17) is 14.2 Å². The van der Waals surface area contributed by atoms with Crippen molar-refractivity contribution in [3.05, 3.63) is 93.4 Å². The van der Waals surface area contributed by atoms with Crippen LogP contribution in [0.5, 0.6) is 17.2 Å². The summed E-state index contributed by atoms with van der Waals surface area (Å²) in [6.45, 7) is 7.78. The molecule has 3 aromatic carbocycles.